The number of phenolic OH excluding ortho intramolecular Hbond substituents is 6. The Morgan fingerprint density at radius 2 is 1.00 bits per heavy atom. The summed E-state index contributed by atoms with van der Waals surface area (Å²) in [5.41, 5.74) is 2.41. The van der Waals surface area contributed by atoms with Crippen LogP contribution in [0.3, 0.4) is 0 Å². The van der Waals surface area contributed by atoms with Crippen molar-refractivity contribution in [1.82, 2.24) is 0 Å². The Balaban J connectivity index is 1.52. The number of fused-ring (bicyclic) bond motifs is 1. The van der Waals surface area contributed by atoms with Gasteiger partial charge in [-0.1, -0.05) is 30.4 Å². The Labute approximate surface area is 205 Å². The molecule has 0 aliphatic carbocycles. The molecule has 2 unspecified atom stereocenters. The molecule has 1 aliphatic rings. The summed E-state index contributed by atoms with van der Waals surface area (Å²) in [6, 6.07) is 18.2. The molecule has 2 atom stereocenters. The van der Waals surface area contributed by atoms with Gasteiger partial charge < -0.3 is 40.1 Å². The van der Waals surface area contributed by atoms with Crippen LogP contribution < -0.4 is 9.47 Å². The maximum Gasteiger partial charge on any atom is 0.165 e. The first-order chi connectivity index (χ1) is 17.3. The SMILES string of the molecule is Oc1cc(O)cc(/C=C/c2ccc3c(c2)OC(c2ccc(O)c(O)c2)C(c2ccc(O)c(O)c2)O3)c1. The molecule has 8 heteroatoms. The highest BCUT2D eigenvalue weighted by Gasteiger charge is 2.35. The minimum Gasteiger partial charge on any atom is -0.508 e. The van der Waals surface area contributed by atoms with E-state index < -0.39 is 12.2 Å². The summed E-state index contributed by atoms with van der Waals surface area (Å²) in [6.07, 6.45) is 1.99. The zero-order valence-electron chi connectivity index (χ0n) is 18.7. The average molecular weight is 486 g/mol. The Hall–Kier alpha value is -4.98. The predicted octanol–water partition coefficient (Wildman–Crippen LogP) is 5.34. The molecular weight excluding hydrogens is 464 g/mol. The third kappa shape index (κ3) is 4.52. The quantitative estimate of drug-likeness (QED) is 0.168. The fourth-order valence-electron chi connectivity index (χ4n) is 4.04. The summed E-state index contributed by atoms with van der Waals surface area (Å²) in [5, 5.41) is 58.9. The normalized spacial score (nSPS) is 16.8. The van der Waals surface area contributed by atoms with Gasteiger partial charge in [-0.25, -0.2) is 0 Å². The fourth-order valence-corrected chi connectivity index (χ4v) is 4.04. The van der Waals surface area contributed by atoms with Gasteiger partial charge in [-0.05, 0) is 59.7 Å². The first-order valence-corrected chi connectivity index (χ1v) is 11.0. The molecule has 0 fully saturated rings. The summed E-state index contributed by atoms with van der Waals surface area (Å²) in [6.45, 7) is 0. The summed E-state index contributed by atoms with van der Waals surface area (Å²) >= 11 is 0. The number of hydrogen-bond acceptors (Lipinski definition) is 8. The average Bonchev–Trinajstić information content (AvgIpc) is 2.84. The largest absolute Gasteiger partial charge is 0.508 e. The lowest BCUT2D eigenvalue weighted by Gasteiger charge is -2.35. The highest BCUT2D eigenvalue weighted by atomic mass is 16.6. The van der Waals surface area contributed by atoms with Gasteiger partial charge in [0, 0.05) is 17.2 Å². The Bertz CT molecular complexity index is 1460. The van der Waals surface area contributed by atoms with Crippen molar-refractivity contribution in [1.29, 1.82) is 0 Å². The highest BCUT2D eigenvalue weighted by Crippen LogP contribution is 2.48. The van der Waals surface area contributed by atoms with Crippen molar-refractivity contribution in [3.8, 4) is 46.0 Å². The van der Waals surface area contributed by atoms with Crippen LogP contribution in [0.2, 0.25) is 0 Å². The topological polar surface area (TPSA) is 140 Å². The fraction of sp³-hybridized carbons (Fsp3) is 0.0714. The van der Waals surface area contributed by atoms with Crippen LogP contribution in [0.1, 0.15) is 34.5 Å². The van der Waals surface area contributed by atoms with Crippen LogP contribution in [-0.2, 0) is 0 Å². The van der Waals surface area contributed by atoms with Gasteiger partial charge in [-0.3, -0.25) is 0 Å². The molecule has 6 N–H and O–H groups in total. The minimum atomic E-state index is -0.768. The molecule has 0 bridgehead atoms. The number of benzene rings is 4. The van der Waals surface area contributed by atoms with Gasteiger partial charge >= 0.3 is 0 Å². The summed E-state index contributed by atoms with van der Waals surface area (Å²) in [5.74, 6) is -0.419. The maximum atomic E-state index is 10.1. The van der Waals surface area contributed by atoms with Gasteiger partial charge in [0.2, 0.25) is 0 Å². The van der Waals surface area contributed by atoms with E-state index in [0.717, 1.165) is 5.56 Å². The first-order valence-electron chi connectivity index (χ1n) is 11.0. The monoisotopic (exact) mass is 486 g/mol. The minimum absolute atomic E-state index is 0.0527. The molecule has 182 valence electrons. The van der Waals surface area contributed by atoms with E-state index in [-0.39, 0.29) is 34.5 Å². The van der Waals surface area contributed by atoms with Crippen molar-refractivity contribution >= 4 is 12.2 Å². The maximum absolute atomic E-state index is 10.1. The van der Waals surface area contributed by atoms with Crippen molar-refractivity contribution in [2.75, 3.05) is 0 Å². The van der Waals surface area contributed by atoms with Crippen molar-refractivity contribution < 1.29 is 40.1 Å². The number of rotatable bonds is 4. The van der Waals surface area contributed by atoms with Crippen LogP contribution in [0.5, 0.6) is 46.0 Å². The van der Waals surface area contributed by atoms with E-state index in [4.69, 9.17) is 9.47 Å². The Morgan fingerprint density at radius 3 is 1.56 bits per heavy atom. The summed E-state index contributed by atoms with van der Waals surface area (Å²) < 4.78 is 12.6. The lowest BCUT2D eigenvalue weighted by atomic mass is 9.96. The van der Waals surface area contributed by atoms with Crippen molar-refractivity contribution in [3.05, 3.63) is 95.1 Å². The van der Waals surface area contributed by atoms with Gasteiger partial charge in [0.1, 0.15) is 11.5 Å². The number of ether oxygens (including phenoxy) is 2. The zero-order valence-corrected chi connectivity index (χ0v) is 18.7. The third-order valence-corrected chi connectivity index (χ3v) is 5.80. The summed E-state index contributed by atoms with van der Waals surface area (Å²) in [4.78, 5) is 0. The Morgan fingerprint density at radius 1 is 0.472 bits per heavy atom. The molecular formula is C28H22O8. The second kappa shape index (κ2) is 8.99. The molecule has 0 spiro atoms. The van der Waals surface area contributed by atoms with Crippen LogP contribution in [0.15, 0.2) is 72.8 Å². The molecule has 1 heterocycles. The predicted molar refractivity (Wildman–Crippen MR) is 131 cm³/mol. The molecule has 0 radical (unpaired) electrons. The van der Waals surface area contributed by atoms with Gasteiger partial charge in [0.25, 0.3) is 0 Å². The second-order valence-corrected chi connectivity index (χ2v) is 8.40. The third-order valence-electron chi connectivity index (χ3n) is 5.80. The lowest BCUT2D eigenvalue weighted by molar-refractivity contribution is 0.0181. The van der Waals surface area contributed by atoms with Crippen molar-refractivity contribution in [3.63, 3.8) is 0 Å². The van der Waals surface area contributed by atoms with Crippen LogP contribution in [0.4, 0.5) is 0 Å². The van der Waals surface area contributed by atoms with E-state index in [2.05, 4.69) is 0 Å². The molecule has 5 rings (SSSR count). The number of phenols is 6. The van der Waals surface area contributed by atoms with E-state index in [1.54, 1.807) is 42.5 Å². The van der Waals surface area contributed by atoms with Gasteiger partial charge in [0.05, 0.1) is 0 Å². The van der Waals surface area contributed by atoms with Crippen LogP contribution in [0.25, 0.3) is 12.2 Å². The Kier molecular flexibility index (Phi) is 5.69. The van der Waals surface area contributed by atoms with E-state index in [1.165, 1.54) is 42.5 Å². The molecule has 0 saturated heterocycles. The van der Waals surface area contributed by atoms with E-state index in [1.807, 2.05) is 0 Å². The molecule has 1 aliphatic heterocycles. The standard InChI is InChI=1S/C28H22O8/c29-19-9-16(10-20(30)14-19)2-1-15-3-8-25-26(11-15)36-28(18-5-7-22(32)24(34)13-18)27(35-25)17-4-6-21(31)23(33)12-17/h1-14,27-34H/b2-1+. The van der Waals surface area contributed by atoms with Gasteiger partial charge in [0.15, 0.2) is 46.7 Å². The first kappa shape index (κ1) is 22.8. The molecule has 4 aromatic carbocycles. The summed E-state index contributed by atoms with van der Waals surface area (Å²) in [7, 11) is 0. The van der Waals surface area contributed by atoms with Crippen LogP contribution in [-0.4, -0.2) is 30.6 Å². The molecule has 4 aromatic rings. The molecule has 0 saturated carbocycles. The second-order valence-electron chi connectivity index (χ2n) is 8.40. The van der Waals surface area contributed by atoms with E-state index in [9.17, 15) is 30.6 Å². The molecule has 0 amide bonds. The van der Waals surface area contributed by atoms with Crippen LogP contribution >= 0.6 is 0 Å². The van der Waals surface area contributed by atoms with E-state index in [0.29, 0.717) is 28.2 Å². The van der Waals surface area contributed by atoms with Crippen molar-refractivity contribution in [2.45, 2.75) is 12.2 Å². The van der Waals surface area contributed by atoms with Crippen molar-refractivity contribution in [2.24, 2.45) is 0 Å². The van der Waals surface area contributed by atoms with Gasteiger partial charge in [-0.15, -0.1) is 0 Å². The van der Waals surface area contributed by atoms with E-state index >= 15 is 0 Å². The molecule has 8 nitrogen and oxygen atoms in total. The highest BCUT2D eigenvalue weighted by molar-refractivity contribution is 5.72. The lowest BCUT2D eigenvalue weighted by Crippen LogP contribution is -2.26. The van der Waals surface area contributed by atoms with Crippen LogP contribution in [0, 0.1) is 0 Å². The zero-order chi connectivity index (χ0) is 25.4. The number of aromatic hydroxyl groups is 6. The molecule has 36 heavy (non-hydrogen) atoms. The molecule has 0 aromatic heterocycles. The number of hydrogen-bond donors (Lipinski definition) is 6. The van der Waals surface area contributed by atoms with Gasteiger partial charge in [-0.2, -0.15) is 0 Å². The smallest absolute Gasteiger partial charge is 0.165 e.